The third-order valence-corrected chi connectivity index (χ3v) is 5.47. The van der Waals surface area contributed by atoms with Gasteiger partial charge < -0.3 is 10.0 Å². The lowest BCUT2D eigenvalue weighted by atomic mass is 10.0. The molecule has 0 bridgehead atoms. The smallest absolute Gasteiger partial charge is 0.227 e. The zero-order valence-electron chi connectivity index (χ0n) is 14.6. The van der Waals surface area contributed by atoms with E-state index in [2.05, 4.69) is 16.8 Å². The molecule has 0 spiro atoms. The first-order valence-electron chi connectivity index (χ1n) is 8.70. The first-order valence-corrected chi connectivity index (χ1v) is 9.65. The highest BCUT2D eigenvalue weighted by Crippen LogP contribution is 2.24. The molecule has 6 heteroatoms. The van der Waals surface area contributed by atoms with Crippen molar-refractivity contribution >= 4 is 17.2 Å². The van der Waals surface area contributed by atoms with Gasteiger partial charge in [0.25, 0.3) is 0 Å². The number of likely N-dealkylation sites (N-methyl/N-ethyl adjacent to an activating group) is 1. The van der Waals surface area contributed by atoms with E-state index < -0.39 is 5.60 Å². The number of hydrogen-bond donors (Lipinski definition) is 1. The van der Waals surface area contributed by atoms with Gasteiger partial charge >= 0.3 is 0 Å². The summed E-state index contributed by atoms with van der Waals surface area (Å²) in [7, 11) is 0. The van der Waals surface area contributed by atoms with Gasteiger partial charge in [-0.2, -0.15) is 11.3 Å². The molecular formula is C19H25N3O2S. The number of β-amino-alcohol motifs (C(OH)–C–C–N with tert-alkyl or cyclic N) is 1. The molecule has 25 heavy (non-hydrogen) atoms. The molecule has 0 aromatic carbocycles. The summed E-state index contributed by atoms with van der Waals surface area (Å²) in [5.41, 5.74) is 1.41. The van der Waals surface area contributed by atoms with Crippen LogP contribution in [0.25, 0.3) is 0 Å². The topological polar surface area (TPSA) is 56.7 Å². The summed E-state index contributed by atoms with van der Waals surface area (Å²) in [5, 5.41) is 15.0. The Morgan fingerprint density at radius 2 is 2.16 bits per heavy atom. The number of rotatable bonds is 7. The van der Waals surface area contributed by atoms with E-state index in [1.165, 1.54) is 5.56 Å². The Bertz CT molecular complexity index is 677. The molecule has 1 amide bonds. The summed E-state index contributed by atoms with van der Waals surface area (Å²) in [6, 6.07) is 5.98. The monoisotopic (exact) mass is 359 g/mol. The van der Waals surface area contributed by atoms with E-state index in [9.17, 15) is 9.90 Å². The van der Waals surface area contributed by atoms with Crippen molar-refractivity contribution in [1.82, 2.24) is 14.8 Å². The lowest BCUT2D eigenvalue weighted by molar-refractivity contribution is -0.130. The SMILES string of the molecule is CCN(Cc1ccncc1)C[C@]1(O)CCN(C(=O)Cc2ccsc2)C1. The van der Waals surface area contributed by atoms with Gasteiger partial charge in [-0.3, -0.25) is 14.7 Å². The lowest BCUT2D eigenvalue weighted by Crippen LogP contribution is -2.45. The summed E-state index contributed by atoms with van der Waals surface area (Å²) >= 11 is 1.60. The number of likely N-dealkylation sites (tertiary alicyclic amines) is 1. The number of carbonyl (C=O) groups is 1. The fourth-order valence-corrected chi connectivity index (χ4v) is 3.99. The van der Waals surface area contributed by atoms with Crippen LogP contribution in [0.1, 0.15) is 24.5 Å². The second kappa shape index (κ2) is 8.08. The Labute approximate surface area is 152 Å². The highest BCUT2D eigenvalue weighted by molar-refractivity contribution is 7.08. The Kier molecular flexibility index (Phi) is 5.83. The zero-order chi connectivity index (χ0) is 17.7. The minimum atomic E-state index is -0.826. The number of aliphatic hydroxyl groups is 1. The summed E-state index contributed by atoms with van der Waals surface area (Å²) in [6.07, 6.45) is 4.64. The number of thiophene rings is 1. The van der Waals surface area contributed by atoms with Crippen molar-refractivity contribution in [3.05, 3.63) is 52.5 Å². The lowest BCUT2D eigenvalue weighted by Gasteiger charge is -2.30. The third kappa shape index (κ3) is 4.87. The quantitative estimate of drug-likeness (QED) is 0.823. The number of carbonyl (C=O) groups excluding carboxylic acids is 1. The number of pyridine rings is 1. The molecule has 1 atom stereocenters. The molecule has 134 valence electrons. The van der Waals surface area contributed by atoms with Crippen molar-refractivity contribution in [2.24, 2.45) is 0 Å². The highest BCUT2D eigenvalue weighted by atomic mass is 32.1. The van der Waals surface area contributed by atoms with E-state index in [1.807, 2.05) is 29.0 Å². The van der Waals surface area contributed by atoms with Crippen LogP contribution in [-0.2, 0) is 17.8 Å². The van der Waals surface area contributed by atoms with Crippen molar-refractivity contribution in [1.29, 1.82) is 0 Å². The van der Waals surface area contributed by atoms with Crippen LogP contribution in [0, 0.1) is 0 Å². The Morgan fingerprint density at radius 1 is 1.36 bits per heavy atom. The Hall–Kier alpha value is -1.76. The van der Waals surface area contributed by atoms with E-state index in [-0.39, 0.29) is 5.91 Å². The maximum Gasteiger partial charge on any atom is 0.227 e. The largest absolute Gasteiger partial charge is 0.387 e. The fraction of sp³-hybridized carbons (Fsp3) is 0.474. The number of nitrogens with zero attached hydrogens (tertiary/aromatic N) is 3. The molecule has 1 fully saturated rings. The summed E-state index contributed by atoms with van der Waals surface area (Å²) < 4.78 is 0. The number of amides is 1. The molecule has 0 aliphatic carbocycles. The van der Waals surface area contributed by atoms with E-state index in [0.29, 0.717) is 32.5 Å². The van der Waals surface area contributed by atoms with Crippen LogP contribution in [-0.4, -0.2) is 57.6 Å². The third-order valence-electron chi connectivity index (χ3n) is 4.74. The number of aromatic nitrogens is 1. The van der Waals surface area contributed by atoms with Crippen LogP contribution < -0.4 is 0 Å². The van der Waals surface area contributed by atoms with E-state index in [0.717, 1.165) is 18.7 Å². The molecule has 1 aliphatic rings. The highest BCUT2D eigenvalue weighted by Gasteiger charge is 2.39. The zero-order valence-corrected chi connectivity index (χ0v) is 15.4. The standard InChI is InChI=1S/C19H25N3O2S/c1-2-21(12-16-3-7-20-8-4-16)14-19(24)6-9-22(15-19)18(23)11-17-5-10-25-13-17/h3-5,7-8,10,13,24H,2,6,9,11-12,14-15H2,1H3/t19-/m1/s1. The minimum Gasteiger partial charge on any atom is -0.387 e. The first kappa shape index (κ1) is 18.0. The molecule has 3 rings (SSSR count). The van der Waals surface area contributed by atoms with Crippen LogP contribution in [0.3, 0.4) is 0 Å². The first-order chi connectivity index (χ1) is 12.1. The summed E-state index contributed by atoms with van der Waals surface area (Å²) in [6.45, 7) is 5.36. The van der Waals surface area contributed by atoms with Gasteiger partial charge in [-0.1, -0.05) is 6.92 Å². The van der Waals surface area contributed by atoms with Crippen molar-refractivity contribution in [2.45, 2.75) is 31.9 Å². The second-order valence-corrected chi connectivity index (χ2v) is 7.54. The normalized spacial score (nSPS) is 20.4. The average molecular weight is 359 g/mol. The molecule has 0 unspecified atom stereocenters. The molecule has 2 aromatic rings. The van der Waals surface area contributed by atoms with E-state index in [1.54, 1.807) is 28.6 Å². The van der Waals surface area contributed by atoms with Crippen molar-refractivity contribution in [2.75, 3.05) is 26.2 Å². The number of hydrogen-bond acceptors (Lipinski definition) is 5. The molecule has 5 nitrogen and oxygen atoms in total. The van der Waals surface area contributed by atoms with Crippen LogP contribution in [0.4, 0.5) is 0 Å². The van der Waals surface area contributed by atoms with Gasteiger partial charge in [0.1, 0.15) is 0 Å². The van der Waals surface area contributed by atoms with Gasteiger partial charge in [0, 0.05) is 32.0 Å². The van der Waals surface area contributed by atoms with Gasteiger partial charge in [0.2, 0.25) is 5.91 Å². The molecular weight excluding hydrogens is 334 g/mol. The summed E-state index contributed by atoms with van der Waals surface area (Å²) in [5.74, 6) is 0.103. The molecule has 1 saturated heterocycles. The summed E-state index contributed by atoms with van der Waals surface area (Å²) in [4.78, 5) is 20.5. The van der Waals surface area contributed by atoms with E-state index in [4.69, 9.17) is 0 Å². The molecule has 0 radical (unpaired) electrons. The maximum absolute atomic E-state index is 12.4. The predicted molar refractivity (Wildman–Crippen MR) is 99.4 cm³/mol. The van der Waals surface area contributed by atoms with Crippen molar-refractivity contribution < 1.29 is 9.90 Å². The van der Waals surface area contributed by atoms with Gasteiger partial charge in [0.05, 0.1) is 18.6 Å². The molecule has 1 N–H and O–H groups in total. The van der Waals surface area contributed by atoms with E-state index >= 15 is 0 Å². The minimum absolute atomic E-state index is 0.103. The molecule has 3 heterocycles. The maximum atomic E-state index is 12.4. The molecule has 1 aliphatic heterocycles. The van der Waals surface area contributed by atoms with Crippen LogP contribution in [0.15, 0.2) is 41.4 Å². The van der Waals surface area contributed by atoms with Gasteiger partial charge in [-0.05, 0) is 53.1 Å². The van der Waals surface area contributed by atoms with Crippen LogP contribution in [0.5, 0.6) is 0 Å². The average Bonchev–Trinajstić information content (AvgIpc) is 3.25. The van der Waals surface area contributed by atoms with Gasteiger partial charge in [-0.25, -0.2) is 0 Å². The van der Waals surface area contributed by atoms with Crippen molar-refractivity contribution in [3.63, 3.8) is 0 Å². The van der Waals surface area contributed by atoms with Gasteiger partial charge in [0.15, 0.2) is 0 Å². The Balaban J connectivity index is 1.55. The Morgan fingerprint density at radius 3 is 2.84 bits per heavy atom. The fourth-order valence-electron chi connectivity index (χ4n) is 3.32. The van der Waals surface area contributed by atoms with Crippen LogP contribution in [0.2, 0.25) is 0 Å². The molecule has 2 aromatic heterocycles. The molecule has 0 saturated carbocycles. The van der Waals surface area contributed by atoms with Crippen LogP contribution >= 0.6 is 11.3 Å². The van der Waals surface area contributed by atoms with Crippen molar-refractivity contribution in [3.8, 4) is 0 Å². The van der Waals surface area contributed by atoms with Gasteiger partial charge in [-0.15, -0.1) is 0 Å². The second-order valence-electron chi connectivity index (χ2n) is 6.76. The predicted octanol–water partition coefficient (Wildman–Crippen LogP) is 2.17.